The van der Waals surface area contributed by atoms with Gasteiger partial charge in [0.1, 0.15) is 6.54 Å². The largest absolute Gasteiger partial charge is 0.470 e. The molecule has 0 aromatic heterocycles. The molecule has 0 saturated carbocycles. The topological polar surface area (TPSA) is 66.4 Å². The van der Waals surface area contributed by atoms with Gasteiger partial charge in [-0.2, -0.15) is 22.0 Å². The molecular formula is C9H18F5N2O3S+. The molecule has 0 bridgehead atoms. The molecule has 0 aromatic carbocycles. The lowest BCUT2D eigenvalue weighted by molar-refractivity contribution is -0.890. The van der Waals surface area contributed by atoms with Gasteiger partial charge in [-0.3, -0.25) is 0 Å². The Bertz CT molecular complexity index is 408. The molecule has 0 aliphatic heterocycles. The summed E-state index contributed by atoms with van der Waals surface area (Å²) in [5, 5.41) is 2.91. The van der Waals surface area contributed by atoms with Crippen LogP contribution in [0.15, 0.2) is 0 Å². The minimum atomic E-state index is -6.16. The fraction of sp³-hybridized carbons (Fsp3) is 1.00. The molecule has 0 atom stereocenters. The van der Waals surface area contributed by atoms with Gasteiger partial charge in [0.15, 0.2) is 0 Å². The molecule has 2 N–H and O–H groups in total. The molecule has 0 heterocycles. The number of hydrogen-bond donors (Lipinski definition) is 2. The van der Waals surface area contributed by atoms with Crippen molar-refractivity contribution in [2.75, 3.05) is 40.3 Å². The molecule has 11 heteroatoms. The summed E-state index contributed by atoms with van der Waals surface area (Å²) < 4.78 is 84.5. The summed E-state index contributed by atoms with van der Waals surface area (Å²) in [5.41, 5.74) is 0. The lowest BCUT2D eigenvalue weighted by Crippen LogP contribution is -2.50. The highest BCUT2D eigenvalue weighted by molar-refractivity contribution is 7.90. The second-order valence-electron chi connectivity index (χ2n) is 4.87. The highest BCUT2D eigenvalue weighted by Gasteiger charge is 2.67. The number of likely N-dealkylation sites (N-methyl/N-ethyl adjacent to an activating group) is 1. The van der Waals surface area contributed by atoms with E-state index >= 15 is 0 Å². The number of aliphatic hydroxyl groups is 1. The minimum absolute atomic E-state index is 0.0557. The molecule has 5 nitrogen and oxygen atoms in total. The van der Waals surface area contributed by atoms with Crippen LogP contribution in [-0.4, -0.2) is 69.8 Å². The van der Waals surface area contributed by atoms with E-state index in [1.54, 1.807) is 14.1 Å². The van der Waals surface area contributed by atoms with Crippen LogP contribution in [-0.2, 0) is 10.0 Å². The number of quaternary nitrogens is 1. The number of rotatable bonds is 8. The first-order valence-electron chi connectivity index (χ1n) is 5.63. The fourth-order valence-electron chi connectivity index (χ4n) is 1.34. The van der Waals surface area contributed by atoms with Crippen molar-refractivity contribution < 1.29 is 40.0 Å². The summed E-state index contributed by atoms with van der Waals surface area (Å²) in [6.07, 6.45) is -6.11. The van der Waals surface area contributed by atoms with Gasteiger partial charge in [0.25, 0.3) is 10.0 Å². The monoisotopic (exact) mass is 329 g/mol. The van der Waals surface area contributed by atoms with Crippen LogP contribution >= 0.6 is 0 Å². The summed E-state index contributed by atoms with van der Waals surface area (Å²) >= 11 is 0. The maximum Gasteiger partial charge on any atom is 0.470 e. The Hall–Kier alpha value is -0.520. The van der Waals surface area contributed by atoms with Crippen molar-refractivity contribution in [1.29, 1.82) is 0 Å². The zero-order valence-electron chi connectivity index (χ0n) is 11.0. The fourth-order valence-corrected chi connectivity index (χ4v) is 2.24. The van der Waals surface area contributed by atoms with E-state index in [1.165, 1.54) is 4.72 Å². The van der Waals surface area contributed by atoms with Crippen molar-refractivity contribution in [2.45, 2.75) is 17.9 Å². The number of sulfonamides is 1. The predicted octanol–water partition coefficient (Wildman–Crippen LogP) is 0.520. The highest BCUT2D eigenvalue weighted by Crippen LogP contribution is 2.39. The molecule has 0 unspecified atom stereocenters. The molecule has 0 amide bonds. The van der Waals surface area contributed by atoms with Crippen molar-refractivity contribution in [3.63, 3.8) is 0 Å². The number of nitrogens with one attached hydrogen (secondary N) is 1. The summed E-state index contributed by atoms with van der Waals surface area (Å²) in [6.45, 7) is -0.00187. The minimum Gasteiger partial charge on any atom is -0.391 e. The summed E-state index contributed by atoms with van der Waals surface area (Å²) in [7, 11) is -2.41. The SMILES string of the molecule is C[N+](C)(CCO)CCCNS(=O)(=O)C(F)(F)C(F)(F)F. The first-order valence-corrected chi connectivity index (χ1v) is 7.12. The van der Waals surface area contributed by atoms with Crippen LogP contribution in [0.4, 0.5) is 22.0 Å². The van der Waals surface area contributed by atoms with E-state index in [9.17, 15) is 30.4 Å². The lowest BCUT2D eigenvalue weighted by Gasteiger charge is -2.29. The summed E-state index contributed by atoms with van der Waals surface area (Å²) in [5.74, 6) is 0. The van der Waals surface area contributed by atoms with Gasteiger partial charge < -0.3 is 9.59 Å². The summed E-state index contributed by atoms with van der Waals surface area (Å²) in [4.78, 5) is 0. The summed E-state index contributed by atoms with van der Waals surface area (Å²) in [6, 6.07) is 0. The second kappa shape index (κ2) is 6.50. The van der Waals surface area contributed by atoms with Crippen molar-refractivity contribution in [3.05, 3.63) is 0 Å². The molecular weight excluding hydrogens is 311 g/mol. The lowest BCUT2D eigenvalue weighted by atomic mass is 10.3. The van der Waals surface area contributed by atoms with Crippen molar-refractivity contribution >= 4 is 10.0 Å². The zero-order valence-corrected chi connectivity index (χ0v) is 11.9. The van der Waals surface area contributed by atoms with Crippen LogP contribution in [0.1, 0.15) is 6.42 Å². The molecule has 0 aromatic rings. The molecule has 0 saturated heterocycles. The molecule has 0 radical (unpaired) electrons. The van der Waals surface area contributed by atoms with Crippen LogP contribution in [0.5, 0.6) is 0 Å². The van der Waals surface area contributed by atoms with Gasteiger partial charge in [-0.25, -0.2) is 13.1 Å². The first kappa shape index (κ1) is 19.5. The molecule has 0 fully saturated rings. The quantitative estimate of drug-likeness (QED) is 0.388. The Morgan fingerprint density at radius 1 is 1.10 bits per heavy atom. The number of halogens is 5. The van der Waals surface area contributed by atoms with Crippen LogP contribution in [0, 0.1) is 0 Å². The van der Waals surface area contributed by atoms with Gasteiger partial charge in [-0.15, -0.1) is 0 Å². The van der Waals surface area contributed by atoms with Gasteiger partial charge in [0.05, 0.1) is 27.2 Å². The molecule has 0 aliphatic rings. The predicted molar refractivity (Wildman–Crippen MR) is 61.5 cm³/mol. The number of nitrogens with zero attached hydrogens (tertiary/aromatic N) is 1. The Labute approximate surface area is 114 Å². The molecule has 0 rings (SSSR count). The van der Waals surface area contributed by atoms with Gasteiger partial charge in [-0.05, 0) is 0 Å². The maximum absolute atomic E-state index is 12.7. The Morgan fingerprint density at radius 2 is 1.60 bits per heavy atom. The van der Waals surface area contributed by atoms with Crippen LogP contribution in [0.3, 0.4) is 0 Å². The van der Waals surface area contributed by atoms with Crippen LogP contribution < -0.4 is 4.72 Å². The van der Waals surface area contributed by atoms with Gasteiger partial charge >= 0.3 is 11.4 Å². The number of hydrogen-bond acceptors (Lipinski definition) is 3. The van der Waals surface area contributed by atoms with E-state index in [1.807, 2.05) is 0 Å². The number of aliphatic hydroxyl groups excluding tert-OH is 1. The van der Waals surface area contributed by atoms with Gasteiger partial charge in [0, 0.05) is 13.0 Å². The first-order chi connectivity index (χ1) is 8.77. The third-order valence-corrected chi connectivity index (χ3v) is 4.10. The Balaban J connectivity index is 4.47. The second-order valence-corrected chi connectivity index (χ2v) is 6.68. The molecule has 20 heavy (non-hydrogen) atoms. The number of alkyl halides is 5. The Kier molecular flexibility index (Phi) is 6.33. The molecule has 0 spiro atoms. The maximum atomic E-state index is 12.7. The van der Waals surface area contributed by atoms with Crippen molar-refractivity contribution in [2.24, 2.45) is 0 Å². The Morgan fingerprint density at radius 3 is 2.00 bits per heavy atom. The zero-order chi connectivity index (χ0) is 16.2. The van der Waals surface area contributed by atoms with Gasteiger partial charge in [-0.1, -0.05) is 0 Å². The average molecular weight is 329 g/mol. The average Bonchev–Trinajstić information content (AvgIpc) is 2.22. The van der Waals surface area contributed by atoms with Crippen molar-refractivity contribution in [3.8, 4) is 0 Å². The van der Waals surface area contributed by atoms with E-state index in [0.29, 0.717) is 13.1 Å². The molecule has 122 valence electrons. The van der Waals surface area contributed by atoms with E-state index in [2.05, 4.69) is 0 Å². The highest BCUT2D eigenvalue weighted by atomic mass is 32.2. The van der Waals surface area contributed by atoms with Crippen molar-refractivity contribution in [1.82, 2.24) is 4.72 Å². The van der Waals surface area contributed by atoms with Crippen LogP contribution in [0.2, 0.25) is 0 Å². The molecule has 0 aliphatic carbocycles. The normalized spacial score (nSPS) is 14.6. The van der Waals surface area contributed by atoms with E-state index in [-0.39, 0.29) is 17.5 Å². The van der Waals surface area contributed by atoms with E-state index in [0.717, 1.165) is 0 Å². The van der Waals surface area contributed by atoms with E-state index < -0.39 is 28.0 Å². The third kappa shape index (κ3) is 5.11. The third-order valence-electron chi connectivity index (χ3n) is 2.61. The van der Waals surface area contributed by atoms with Crippen LogP contribution in [0.25, 0.3) is 0 Å². The van der Waals surface area contributed by atoms with Gasteiger partial charge in [0.2, 0.25) is 0 Å². The smallest absolute Gasteiger partial charge is 0.391 e. The van der Waals surface area contributed by atoms with E-state index in [4.69, 9.17) is 5.11 Å². The standard InChI is InChI=1S/C9H18F5N2O3S/c1-16(2,6-7-17)5-3-4-15-20(18,19)9(13,14)8(10,11)12/h15,17H,3-7H2,1-2H3/q+1.